The number of rotatable bonds is 4. The maximum atomic E-state index is 8.68. The average Bonchev–Trinajstić information content (AvgIpc) is 2.16. The maximum Gasteiger partial charge on any atom is 0.137 e. The first-order valence-electron chi connectivity index (χ1n) is 5.33. The number of aromatic nitrogens is 2. The van der Waals surface area contributed by atoms with Crippen LogP contribution < -0.4 is 5.32 Å². The highest BCUT2D eigenvalue weighted by atomic mass is 35.5. The average molecular weight is 244 g/mol. The van der Waals surface area contributed by atoms with Crippen molar-refractivity contribution in [1.82, 2.24) is 9.97 Å². The quantitative estimate of drug-likeness (QED) is 0.629. The molecule has 0 aromatic carbocycles. The molecule has 0 atom stereocenters. The number of halogens is 1. The first-order valence-corrected chi connectivity index (χ1v) is 5.71. The van der Waals surface area contributed by atoms with Gasteiger partial charge in [0.15, 0.2) is 0 Å². The van der Waals surface area contributed by atoms with Gasteiger partial charge in [-0.1, -0.05) is 32.4 Å². The minimum atomic E-state index is -0.127. The number of aliphatic hydroxyl groups is 1. The van der Waals surface area contributed by atoms with Gasteiger partial charge in [0.1, 0.15) is 16.8 Å². The van der Waals surface area contributed by atoms with Crippen molar-refractivity contribution in [2.45, 2.75) is 32.6 Å². The fourth-order valence-electron chi connectivity index (χ4n) is 1.14. The summed E-state index contributed by atoms with van der Waals surface area (Å²) in [5, 5.41) is 12.2. The molecule has 0 saturated heterocycles. The van der Waals surface area contributed by atoms with Crippen molar-refractivity contribution in [2.75, 3.05) is 18.5 Å². The molecule has 4 nitrogen and oxygen atoms in total. The Kier molecular flexibility index (Phi) is 4.50. The molecule has 1 aromatic heterocycles. The second-order valence-electron chi connectivity index (χ2n) is 4.65. The number of hydrogen-bond donors (Lipinski definition) is 2. The predicted molar refractivity (Wildman–Crippen MR) is 65.9 cm³/mol. The summed E-state index contributed by atoms with van der Waals surface area (Å²) < 4.78 is 0. The fraction of sp³-hybridized carbons (Fsp3) is 0.636. The minimum Gasteiger partial charge on any atom is -0.396 e. The Bertz CT molecular complexity index is 350. The molecule has 0 saturated carbocycles. The van der Waals surface area contributed by atoms with E-state index in [-0.39, 0.29) is 12.0 Å². The van der Waals surface area contributed by atoms with Crippen LogP contribution in [-0.2, 0) is 5.41 Å². The molecule has 2 N–H and O–H groups in total. The highest BCUT2D eigenvalue weighted by Crippen LogP contribution is 2.22. The molecular weight excluding hydrogens is 226 g/mol. The maximum absolute atomic E-state index is 8.68. The Labute approximate surface area is 101 Å². The van der Waals surface area contributed by atoms with Crippen LogP contribution in [0.4, 0.5) is 5.82 Å². The lowest BCUT2D eigenvalue weighted by atomic mass is 9.96. The molecule has 0 aliphatic carbocycles. The third-order valence-electron chi connectivity index (χ3n) is 2.01. The Morgan fingerprint density at radius 3 is 2.62 bits per heavy atom. The lowest BCUT2D eigenvalue weighted by Gasteiger charge is -2.17. The van der Waals surface area contributed by atoms with Gasteiger partial charge in [-0.05, 0) is 6.42 Å². The zero-order valence-electron chi connectivity index (χ0n) is 9.92. The van der Waals surface area contributed by atoms with E-state index >= 15 is 0 Å². The van der Waals surface area contributed by atoms with Crippen LogP contribution in [0.25, 0.3) is 0 Å². The van der Waals surface area contributed by atoms with Crippen molar-refractivity contribution < 1.29 is 5.11 Å². The van der Waals surface area contributed by atoms with Crippen molar-refractivity contribution >= 4 is 17.4 Å². The molecule has 0 radical (unpaired) electrons. The highest BCUT2D eigenvalue weighted by molar-refractivity contribution is 6.29. The van der Waals surface area contributed by atoms with Crippen LogP contribution in [0.5, 0.6) is 0 Å². The van der Waals surface area contributed by atoms with Gasteiger partial charge >= 0.3 is 0 Å². The molecule has 0 aliphatic rings. The van der Waals surface area contributed by atoms with E-state index in [2.05, 4.69) is 15.3 Å². The summed E-state index contributed by atoms with van der Waals surface area (Å²) in [6.45, 7) is 6.95. The summed E-state index contributed by atoms with van der Waals surface area (Å²) >= 11 is 5.93. The van der Waals surface area contributed by atoms with Crippen molar-refractivity contribution in [3.05, 3.63) is 17.0 Å². The van der Waals surface area contributed by atoms with Gasteiger partial charge in [-0.15, -0.1) is 0 Å². The van der Waals surface area contributed by atoms with E-state index in [4.69, 9.17) is 16.7 Å². The normalized spacial score (nSPS) is 11.6. The molecule has 0 bridgehead atoms. The van der Waals surface area contributed by atoms with Crippen molar-refractivity contribution in [3.8, 4) is 0 Å². The summed E-state index contributed by atoms with van der Waals surface area (Å²) in [6, 6.07) is 1.69. The van der Waals surface area contributed by atoms with Gasteiger partial charge in [0.25, 0.3) is 0 Å². The monoisotopic (exact) mass is 243 g/mol. The third kappa shape index (κ3) is 3.94. The molecule has 0 fully saturated rings. The Hall–Kier alpha value is -0.870. The van der Waals surface area contributed by atoms with E-state index in [1.54, 1.807) is 6.07 Å². The van der Waals surface area contributed by atoms with Crippen molar-refractivity contribution in [3.63, 3.8) is 0 Å². The number of hydrogen-bond acceptors (Lipinski definition) is 4. The Morgan fingerprint density at radius 1 is 1.38 bits per heavy atom. The van der Waals surface area contributed by atoms with Gasteiger partial charge in [-0.3, -0.25) is 0 Å². The zero-order chi connectivity index (χ0) is 12.2. The van der Waals surface area contributed by atoms with Crippen molar-refractivity contribution in [1.29, 1.82) is 0 Å². The van der Waals surface area contributed by atoms with Crippen LogP contribution >= 0.6 is 11.6 Å². The molecule has 0 unspecified atom stereocenters. The summed E-state index contributed by atoms with van der Waals surface area (Å²) in [5.74, 6) is 1.42. The van der Waals surface area contributed by atoms with Crippen LogP contribution in [0.15, 0.2) is 6.07 Å². The first-order chi connectivity index (χ1) is 7.43. The topological polar surface area (TPSA) is 58.0 Å². The van der Waals surface area contributed by atoms with Gasteiger partial charge in [0.2, 0.25) is 0 Å². The van der Waals surface area contributed by atoms with Gasteiger partial charge in [-0.2, -0.15) is 0 Å². The molecule has 1 rings (SSSR count). The molecule has 0 spiro atoms. The van der Waals surface area contributed by atoms with Crippen LogP contribution in [0.1, 0.15) is 33.0 Å². The molecule has 0 amide bonds. The van der Waals surface area contributed by atoms with E-state index < -0.39 is 0 Å². The van der Waals surface area contributed by atoms with Crippen molar-refractivity contribution in [2.24, 2.45) is 0 Å². The lowest BCUT2D eigenvalue weighted by molar-refractivity contribution is 0.292. The summed E-state index contributed by atoms with van der Waals surface area (Å²) in [5.41, 5.74) is -0.127. The van der Waals surface area contributed by atoms with Crippen LogP contribution in [0, 0.1) is 0 Å². The predicted octanol–water partition coefficient (Wildman–Crippen LogP) is 2.22. The Balaban J connectivity index is 2.82. The van der Waals surface area contributed by atoms with Gasteiger partial charge in [0.05, 0.1) is 0 Å². The van der Waals surface area contributed by atoms with E-state index in [1.807, 2.05) is 20.8 Å². The number of nitrogens with one attached hydrogen (secondary N) is 1. The second kappa shape index (κ2) is 5.46. The molecular formula is C11H18ClN3O. The summed E-state index contributed by atoms with van der Waals surface area (Å²) in [7, 11) is 0. The SMILES string of the molecule is CC(C)(C)c1nc(Cl)cc(NCCCO)n1. The largest absolute Gasteiger partial charge is 0.396 e. The second-order valence-corrected chi connectivity index (χ2v) is 5.04. The lowest BCUT2D eigenvalue weighted by Crippen LogP contribution is -2.17. The van der Waals surface area contributed by atoms with Gasteiger partial charge in [0, 0.05) is 24.6 Å². The van der Waals surface area contributed by atoms with Crippen LogP contribution in [0.2, 0.25) is 5.15 Å². The smallest absolute Gasteiger partial charge is 0.137 e. The number of nitrogens with zero attached hydrogens (tertiary/aromatic N) is 2. The Morgan fingerprint density at radius 2 is 2.06 bits per heavy atom. The van der Waals surface area contributed by atoms with Crippen LogP contribution in [0.3, 0.4) is 0 Å². The summed E-state index contributed by atoms with van der Waals surface area (Å²) in [6.07, 6.45) is 0.687. The van der Waals surface area contributed by atoms with Gasteiger partial charge in [-0.25, -0.2) is 9.97 Å². The molecule has 16 heavy (non-hydrogen) atoms. The molecule has 0 aliphatic heterocycles. The van der Waals surface area contributed by atoms with E-state index in [0.717, 1.165) is 0 Å². The molecule has 1 heterocycles. The fourth-order valence-corrected chi connectivity index (χ4v) is 1.32. The zero-order valence-corrected chi connectivity index (χ0v) is 10.7. The van der Waals surface area contributed by atoms with Gasteiger partial charge < -0.3 is 10.4 Å². The van der Waals surface area contributed by atoms with Crippen LogP contribution in [-0.4, -0.2) is 28.2 Å². The first kappa shape index (κ1) is 13.2. The minimum absolute atomic E-state index is 0.127. The molecule has 90 valence electrons. The third-order valence-corrected chi connectivity index (χ3v) is 2.20. The van der Waals surface area contributed by atoms with E-state index in [9.17, 15) is 0 Å². The standard InChI is InChI=1S/C11H18ClN3O/c1-11(2,3)10-14-8(12)7-9(15-10)13-5-4-6-16/h7,16H,4-6H2,1-3H3,(H,13,14,15). The van der Waals surface area contributed by atoms with E-state index in [0.29, 0.717) is 29.8 Å². The molecule has 5 heteroatoms. The number of aliphatic hydroxyl groups excluding tert-OH is 1. The van der Waals surface area contributed by atoms with E-state index in [1.165, 1.54) is 0 Å². The highest BCUT2D eigenvalue weighted by Gasteiger charge is 2.18. The molecule has 1 aromatic rings. The number of anilines is 1. The summed E-state index contributed by atoms with van der Waals surface area (Å²) in [4.78, 5) is 8.59.